The number of unbranched alkanes of at least 4 members (excludes halogenated alkanes) is 3. The van der Waals surface area contributed by atoms with E-state index in [1.807, 2.05) is 0 Å². The lowest BCUT2D eigenvalue weighted by molar-refractivity contribution is -0.968. The van der Waals surface area contributed by atoms with Crippen molar-refractivity contribution in [3.63, 3.8) is 0 Å². The Morgan fingerprint density at radius 3 is 1.40 bits per heavy atom. The molecule has 0 aliphatic heterocycles. The van der Waals surface area contributed by atoms with Crippen LogP contribution < -0.4 is 0 Å². The largest absolute Gasteiger partial charge is 0.322 e. The van der Waals surface area contributed by atoms with Gasteiger partial charge in [0, 0.05) is 0 Å². The summed E-state index contributed by atoms with van der Waals surface area (Å²) >= 11 is 0. The first-order valence-electron chi connectivity index (χ1n) is 10.9. The van der Waals surface area contributed by atoms with Gasteiger partial charge < -0.3 is 8.97 Å². The highest BCUT2D eigenvalue weighted by Crippen LogP contribution is 2.19. The molecule has 0 aliphatic carbocycles. The molecule has 0 atom stereocenters. The second kappa shape index (κ2) is 11.6. The normalized spacial score (nSPS) is 13.7. The standard InChI is InChI=1S/C22H51N3/c1-10-13-16-25(17-14-11-2,18-15-12-3)20-19-24(8,9)21-22(4,5)23(6)7/h10-21H2,1-9H3/q+2. The average molecular weight is 358 g/mol. The maximum atomic E-state index is 2.43. The summed E-state index contributed by atoms with van der Waals surface area (Å²) in [4.78, 5) is 2.38. The Morgan fingerprint density at radius 1 is 0.680 bits per heavy atom. The van der Waals surface area contributed by atoms with Gasteiger partial charge in [-0.05, 0) is 47.2 Å². The first-order chi connectivity index (χ1) is 11.5. The number of hydrogen-bond donors (Lipinski definition) is 0. The topological polar surface area (TPSA) is 3.24 Å². The van der Waals surface area contributed by atoms with Crippen LogP contribution in [0.25, 0.3) is 0 Å². The van der Waals surface area contributed by atoms with E-state index in [9.17, 15) is 0 Å². The van der Waals surface area contributed by atoms with Crippen LogP contribution >= 0.6 is 0 Å². The number of likely N-dealkylation sites (N-methyl/N-ethyl adjacent to an activating group) is 2. The van der Waals surface area contributed by atoms with E-state index in [1.165, 1.54) is 82.3 Å². The zero-order valence-electron chi connectivity index (χ0n) is 19.3. The molecular formula is C22H51N3+2. The SMILES string of the molecule is CCCC[N+](CCCC)(CCCC)CC[N+](C)(C)CC(C)(C)N(C)C. The number of quaternary nitrogens is 2. The third-order valence-corrected chi connectivity index (χ3v) is 6.16. The van der Waals surface area contributed by atoms with E-state index < -0.39 is 0 Å². The van der Waals surface area contributed by atoms with E-state index in [-0.39, 0.29) is 5.54 Å². The van der Waals surface area contributed by atoms with Crippen LogP contribution in [0.4, 0.5) is 0 Å². The Morgan fingerprint density at radius 2 is 1.08 bits per heavy atom. The fourth-order valence-electron chi connectivity index (χ4n) is 3.90. The van der Waals surface area contributed by atoms with Gasteiger partial charge in [-0.15, -0.1) is 0 Å². The monoisotopic (exact) mass is 357 g/mol. The molecule has 3 heteroatoms. The van der Waals surface area contributed by atoms with E-state index in [1.54, 1.807) is 0 Å². The second-order valence-electron chi connectivity index (χ2n) is 9.82. The fourth-order valence-corrected chi connectivity index (χ4v) is 3.90. The van der Waals surface area contributed by atoms with Gasteiger partial charge in [0.1, 0.15) is 13.1 Å². The van der Waals surface area contributed by atoms with E-state index in [2.05, 4.69) is 67.7 Å². The molecule has 152 valence electrons. The molecular weight excluding hydrogens is 306 g/mol. The van der Waals surface area contributed by atoms with Gasteiger partial charge in [-0.1, -0.05) is 40.0 Å². The molecule has 25 heavy (non-hydrogen) atoms. The summed E-state index contributed by atoms with van der Waals surface area (Å²) in [5.41, 5.74) is 0.245. The summed E-state index contributed by atoms with van der Waals surface area (Å²) in [5.74, 6) is 0. The van der Waals surface area contributed by atoms with E-state index in [0.717, 1.165) is 4.48 Å². The first kappa shape index (κ1) is 24.9. The maximum absolute atomic E-state index is 2.43. The van der Waals surface area contributed by atoms with Gasteiger partial charge in [0.15, 0.2) is 0 Å². The molecule has 0 unspecified atom stereocenters. The fraction of sp³-hybridized carbons (Fsp3) is 1.00. The molecule has 0 bridgehead atoms. The van der Waals surface area contributed by atoms with Crippen molar-refractivity contribution in [3.8, 4) is 0 Å². The molecule has 0 amide bonds. The van der Waals surface area contributed by atoms with E-state index in [0.29, 0.717) is 0 Å². The predicted molar refractivity (Wildman–Crippen MR) is 114 cm³/mol. The van der Waals surface area contributed by atoms with Crippen LogP contribution in [-0.2, 0) is 0 Å². The van der Waals surface area contributed by atoms with Gasteiger partial charge in [-0.25, -0.2) is 0 Å². The Bertz CT molecular complexity index is 312. The Balaban J connectivity index is 5.06. The van der Waals surface area contributed by atoms with Crippen LogP contribution in [0.5, 0.6) is 0 Å². The quantitative estimate of drug-likeness (QED) is 0.387. The Kier molecular flexibility index (Phi) is 11.5. The number of hydrogen-bond acceptors (Lipinski definition) is 1. The molecule has 0 aliphatic rings. The summed E-state index contributed by atoms with van der Waals surface area (Å²) < 4.78 is 2.48. The lowest BCUT2D eigenvalue weighted by Gasteiger charge is -2.44. The van der Waals surface area contributed by atoms with Crippen molar-refractivity contribution in [2.24, 2.45) is 0 Å². The van der Waals surface area contributed by atoms with Crippen molar-refractivity contribution >= 4 is 0 Å². The molecule has 0 rings (SSSR count). The van der Waals surface area contributed by atoms with Crippen molar-refractivity contribution in [3.05, 3.63) is 0 Å². The van der Waals surface area contributed by atoms with Crippen LogP contribution in [0.2, 0.25) is 0 Å². The smallest absolute Gasteiger partial charge is 0.128 e. The molecule has 0 saturated heterocycles. The van der Waals surface area contributed by atoms with Crippen LogP contribution in [-0.4, -0.2) is 86.9 Å². The average Bonchev–Trinajstić information content (AvgIpc) is 2.52. The molecule has 0 spiro atoms. The minimum Gasteiger partial charge on any atom is -0.322 e. The molecule has 0 aromatic heterocycles. The molecule has 0 aromatic carbocycles. The summed E-state index contributed by atoms with van der Waals surface area (Å²) in [6, 6.07) is 0. The van der Waals surface area contributed by atoms with Gasteiger partial charge in [0.2, 0.25) is 0 Å². The summed E-state index contributed by atoms with van der Waals surface area (Å²) in [7, 11) is 9.28. The molecule has 0 saturated carbocycles. The highest BCUT2D eigenvalue weighted by Gasteiger charge is 2.34. The van der Waals surface area contributed by atoms with Crippen molar-refractivity contribution < 1.29 is 8.97 Å². The molecule has 0 radical (unpaired) electrons. The summed E-state index contributed by atoms with van der Waals surface area (Å²) in [5, 5.41) is 0. The van der Waals surface area contributed by atoms with E-state index >= 15 is 0 Å². The minimum atomic E-state index is 0.245. The lowest BCUT2D eigenvalue weighted by Crippen LogP contribution is -2.60. The van der Waals surface area contributed by atoms with E-state index in [4.69, 9.17) is 0 Å². The Labute approximate surface area is 160 Å². The van der Waals surface area contributed by atoms with Gasteiger partial charge in [0.25, 0.3) is 0 Å². The van der Waals surface area contributed by atoms with Gasteiger partial charge in [-0.2, -0.15) is 0 Å². The van der Waals surface area contributed by atoms with Crippen LogP contribution in [0.1, 0.15) is 73.1 Å². The first-order valence-corrected chi connectivity index (χ1v) is 10.9. The molecule has 0 fully saturated rings. The summed E-state index contributed by atoms with van der Waals surface area (Å²) in [6.45, 7) is 19.8. The Hall–Kier alpha value is -0.120. The zero-order valence-corrected chi connectivity index (χ0v) is 19.3. The van der Waals surface area contributed by atoms with Crippen molar-refractivity contribution in [2.45, 2.75) is 78.7 Å². The van der Waals surface area contributed by atoms with Crippen molar-refractivity contribution in [1.82, 2.24) is 4.90 Å². The highest BCUT2D eigenvalue weighted by molar-refractivity contribution is 4.76. The molecule has 3 nitrogen and oxygen atoms in total. The van der Waals surface area contributed by atoms with Gasteiger partial charge in [0.05, 0.1) is 45.8 Å². The summed E-state index contributed by atoms with van der Waals surface area (Å²) in [6.07, 6.45) is 8.11. The molecule has 0 N–H and O–H groups in total. The lowest BCUT2D eigenvalue weighted by atomic mass is 10.0. The predicted octanol–water partition coefficient (Wildman–Crippen LogP) is 4.62. The van der Waals surface area contributed by atoms with Gasteiger partial charge >= 0.3 is 0 Å². The minimum absolute atomic E-state index is 0.245. The van der Waals surface area contributed by atoms with Crippen LogP contribution in [0.15, 0.2) is 0 Å². The third-order valence-electron chi connectivity index (χ3n) is 6.16. The highest BCUT2D eigenvalue weighted by atomic mass is 15.4. The van der Waals surface area contributed by atoms with Crippen molar-refractivity contribution in [2.75, 3.05) is 67.5 Å². The number of rotatable bonds is 15. The molecule has 0 aromatic rings. The maximum Gasteiger partial charge on any atom is 0.128 e. The van der Waals surface area contributed by atoms with Crippen LogP contribution in [0, 0.1) is 0 Å². The second-order valence-corrected chi connectivity index (χ2v) is 9.82. The third kappa shape index (κ3) is 9.96. The van der Waals surface area contributed by atoms with Crippen molar-refractivity contribution in [1.29, 1.82) is 0 Å². The van der Waals surface area contributed by atoms with Gasteiger partial charge in [-0.3, -0.25) is 4.90 Å². The number of nitrogens with zero attached hydrogens (tertiary/aromatic N) is 3. The zero-order chi connectivity index (χ0) is 19.6. The molecule has 0 heterocycles. The van der Waals surface area contributed by atoms with Crippen LogP contribution in [0.3, 0.4) is 0 Å².